The molecular formula is C12H22N2O. The Balaban J connectivity index is 2.23. The maximum atomic E-state index is 11.6. The molecule has 0 bridgehead atoms. The molecule has 1 aliphatic heterocycles. The zero-order valence-electron chi connectivity index (χ0n) is 9.67. The van der Waals surface area contributed by atoms with Gasteiger partial charge in [-0.2, -0.15) is 0 Å². The first-order chi connectivity index (χ1) is 7.24. The third-order valence-electron chi connectivity index (χ3n) is 2.92. The number of carbonyl (C=O) groups is 1. The van der Waals surface area contributed by atoms with Crippen molar-refractivity contribution in [2.24, 2.45) is 5.92 Å². The molecular weight excluding hydrogens is 188 g/mol. The van der Waals surface area contributed by atoms with Gasteiger partial charge in [-0.15, -0.1) is 6.58 Å². The summed E-state index contributed by atoms with van der Waals surface area (Å²) in [7, 11) is 1.90. The molecule has 0 spiro atoms. The summed E-state index contributed by atoms with van der Waals surface area (Å²) in [5.74, 6) is 0.872. The molecule has 1 heterocycles. The maximum Gasteiger partial charge on any atom is 0.222 e. The van der Waals surface area contributed by atoms with Crippen LogP contribution in [0.3, 0.4) is 0 Å². The summed E-state index contributed by atoms with van der Waals surface area (Å²) in [6, 6.07) is 0. The van der Waals surface area contributed by atoms with Crippen molar-refractivity contribution in [2.45, 2.75) is 25.7 Å². The van der Waals surface area contributed by atoms with Crippen molar-refractivity contribution in [3.8, 4) is 0 Å². The van der Waals surface area contributed by atoms with Crippen LogP contribution < -0.4 is 5.32 Å². The summed E-state index contributed by atoms with van der Waals surface area (Å²) in [6.07, 6.45) is 5.66. The molecule has 86 valence electrons. The van der Waals surface area contributed by atoms with Gasteiger partial charge in [0.2, 0.25) is 5.91 Å². The SMILES string of the molecule is C=CCCC(=O)N(C)CC1CCCNC1. The van der Waals surface area contributed by atoms with Crippen LogP contribution in [-0.2, 0) is 4.79 Å². The summed E-state index contributed by atoms with van der Waals surface area (Å²) in [5, 5.41) is 3.37. The average Bonchev–Trinajstić information content (AvgIpc) is 2.27. The third-order valence-corrected chi connectivity index (χ3v) is 2.92. The summed E-state index contributed by atoms with van der Waals surface area (Å²) in [5.41, 5.74) is 0. The van der Waals surface area contributed by atoms with Gasteiger partial charge in [0.15, 0.2) is 0 Å². The lowest BCUT2D eigenvalue weighted by Gasteiger charge is -2.27. The Labute approximate surface area is 92.5 Å². The number of carbonyl (C=O) groups excluding carboxylic acids is 1. The minimum atomic E-state index is 0.237. The minimum Gasteiger partial charge on any atom is -0.345 e. The zero-order valence-corrected chi connectivity index (χ0v) is 9.67. The second kappa shape index (κ2) is 6.62. The highest BCUT2D eigenvalue weighted by atomic mass is 16.2. The summed E-state index contributed by atoms with van der Waals surface area (Å²) in [4.78, 5) is 13.5. The van der Waals surface area contributed by atoms with E-state index >= 15 is 0 Å². The van der Waals surface area contributed by atoms with Gasteiger partial charge in [0, 0.05) is 20.0 Å². The van der Waals surface area contributed by atoms with Crippen LogP contribution in [0.4, 0.5) is 0 Å². The minimum absolute atomic E-state index is 0.237. The second-order valence-corrected chi connectivity index (χ2v) is 4.31. The number of nitrogens with zero attached hydrogens (tertiary/aromatic N) is 1. The van der Waals surface area contributed by atoms with Gasteiger partial charge in [-0.3, -0.25) is 4.79 Å². The van der Waals surface area contributed by atoms with Gasteiger partial charge < -0.3 is 10.2 Å². The molecule has 0 radical (unpaired) electrons. The predicted molar refractivity (Wildman–Crippen MR) is 62.7 cm³/mol. The van der Waals surface area contributed by atoms with E-state index in [0.29, 0.717) is 12.3 Å². The van der Waals surface area contributed by atoms with Crippen LogP contribution in [0, 0.1) is 5.92 Å². The fourth-order valence-electron chi connectivity index (χ4n) is 1.99. The molecule has 1 rings (SSSR count). The molecule has 3 heteroatoms. The van der Waals surface area contributed by atoms with E-state index in [9.17, 15) is 4.79 Å². The van der Waals surface area contributed by atoms with Crippen LogP contribution >= 0.6 is 0 Å². The van der Waals surface area contributed by atoms with Crippen LogP contribution in [0.5, 0.6) is 0 Å². The van der Waals surface area contributed by atoms with Crippen molar-refractivity contribution >= 4 is 5.91 Å². The van der Waals surface area contributed by atoms with Gasteiger partial charge in [0.1, 0.15) is 0 Å². The van der Waals surface area contributed by atoms with E-state index in [0.717, 1.165) is 26.1 Å². The second-order valence-electron chi connectivity index (χ2n) is 4.31. The van der Waals surface area contributed by atoms with Crippen LogP contribution in [0.15, 0.2) is 12.7 Å². The molecule has 0 aromatic rings. The highest BCUT2D eigenvalue weighted by Crippen LogP contribution is 2.11. The fraction of sp³-hybridized carbons (Fsp3) is 0.750. The number of rotatable bonds is 5. The number of hydrogen-bond acceptors (Lipinski definition) is 2. The molecule has 1 unspecified atom stereocenters. The molecule has 1 saturated heterocycles. The first-order valence-electron chi connectivity index (χ1n) is 5.79. The molecule has 1 atom stereocenters. The van der Waals surface area contributed by atoms with Gasteiger partial charge in [-0.05, 0) is 38.3 Å². The summed E-state index contributed by atoms with van der Waals surface area (Å²) in [6.45, 7) is 6.70. The van der Waals surface area contributed by atoms with Crippen molar-refractivity contribution < 1.29 is 4.79 Å². The Kier molecular flexibility index (Phi) is 5.40. The van der Waals surface area contributed by atoms with E-state index in [1.807, 2.05) is 11.9 Å². The molecule has 0 saturated carbocycles. The van der Waals surface area contributed by atoms with Crippen molar-refractivity contribution in [1.29, 1.82) is 0 Å². The lowest BCUT2D eigenvalue weighted by molar-refractivity contribution is -0.130. The average molecular weight is 210 g/mol. The number of piperidine rings is 1. The van der Waals surface area contributed by atoms with Gasteiger partial charge in [0.25, 0.3) is 0 Å². The monoisotopic (exact) mass is 210 g/mol. The molecule has 0 aliphatic carbocycles. The number of nitrogens with one attached hydrogen (secondary N) is 1. The first-order valence-corrected chi connectivity index (χ1v) is 5.79. The maximum absolute atomic E-state index is 11.6. The molecule has 1 aliphatic rings. The Morgan fingerprint density at radius 2 is 2.47 bits per heavy atom. The Bertz CT molecular complexity index is 210. The first kappa shape index (κ1) is 12.2. The Hall–Kier alpha value is -0.830. The molecule has 0 aromatic carbocycles. The molecule has 0 aromatic heterocycles. The van der Waals surface area contributed by atoms with E-state index in [4.69, 9.17) is 0 Å². The Morgan fingerprint density at radius 1 is 1.67 bits per heavy atom. The van der Waals surface area contributed by atoms with E-state index in [1.165, 1.54) is 12.8 Å². The highest BCUT2D eigenvalue weighted by molar-refractivity contribution is 5.75. The molecule has 1 N–H and O–H groups in total. The largest absolute Gasteiger partial charge is 0.345 e. The lowest BCUT2D eigenvalue weighted by Crippen LogP contribution is -2.39. The van der Waals surface area contributed by atoms with Crippen molar-refractivity contribution in [2.75, 3.05) is 26.7 Å². The van der Waals surface area contributed by atoms with Crippen LogP contribution in [0.1, 0.15) is 25.7 Å². The van der Waals surface area contributed by atoms with Gasteiger partial charge >= 0.3 is 0 Å². The number of hydrogen-bond donors (Lipinski definition) is 1. The van der Waals surface area contributed by atoms with E-state index in [1.54, 1.807) is 6.08 Å². The molecule has 3 nitrogen and oxygen atoms in total. The topological polar surface area (TPSA) is 32.3 Å². The number of allylic oxidation sites excluding steroid dienone is 1. The summed E-state index contributed by atoms with van der Waals surface area (Å²) >= 11 is 0. The smallest absolute Gasteiger partial charge is 0.222 e. The van der Waals surface area contributed by atoms with E-state index in [2.05, 4.69) is 11.9 Å². The van der Waals surface area contributed by atoms with Gasteiger partial charge in [-0.25, -0.2) is 0 Å². The van der Waals surface area contributed by atoms with Crippen LogP contribution in [0.2, 0.25) is 0 Å². The Morgan fingerprint density at radius 3 is 3.07 bits per heavy atom. The molecule has 1 fully saturated rings. The van der Waals surface area contributed by atoms with Gasteiger partial charge in [0.05, 0.1) is 0 Å². The summed E-state index contributed by atoms with van der Waals surface area (Å²) < 4.78 is 0. The van der Waals surface area contributed by atoms with Crippen LogP contribution in [0.25, 0.3) is 0 Å². The highest BCUT2D eigenvalue weighted by Gasteiger charge is 2.17. The standard InChI is InChI=1S/C12H22N2O/c1-3-4-7-12(15)14(2)10-11-6-5-8-13-9-11/h3,11,13H,1,4-10H2,2H3. The van der Waals surface area contributed by atoms with Gasteiger partial charge in [-0.1, -0.05) is 6.08 Å². The van der Waals surface area contributed by atoms with Crippen molar-refractivity contribution in [3.05, 3.63) is 12.7 Å². The molecule has 1 amide bonds. The third kappa shape index (κ3) is 4.47. The predicted octanol–water partition coefficient (Wildman–Crippen LogP) is 1.41. The lowest BCUT2D eigenvalue weighted by atomic mass is 9.99. The number of amides is 1. The van der Waals surface area contributed by atoms with Crippen LogP contribution in [-0.4, -0.2) is 37.5 Å². The van der Waals surface area contributed by atoms with Crippen molar-refractivity contribution in [3.63, 3.8) is 0 Å². The van der Waals surface area contributed by atoms with Crippen molar-refractivity contribution in [1.82, 2.24) is 10.2 Å². The van der Waals surface area contributed by atoms with E-state index < -0.39 is 0 Å². The normalized spacial score (nSPS) is 21.0. The quantitative estimate of drug-likeness (QED) is 0.696. The fourth-order valence-corrected chi connectivity index (χ4v) is 1.99. The molecule has 15 heavy (non-hydrogen) atoms. The van der Waals surface area contributed by atoms with E-state index in [-0.39, 0.29) is 5.91 Å². The zero-order chi connectivity index (χ0) is 11.1.